The molecule has 0 aliphatic carbocycles. The number of carbonyl (C=O) groups is 1. The molecule has 1 amide bonds. The van der Waals surface area contributed by atoms with Crippen LogP contribution in [0.2, 0.25) is 0 Å². The topological polar surface area (TPSA) is 73.6 Å². The molecule has 0 saturated carbocycles. The fourth-order valence-corrected chi connectivity index (χ4v) is 1.56. The van der Waals surface area contributed by atoms with E-state index in [0.717, 1.165) is 11.3 Å². The first kappa shape index (κ1) is 13.9. The van der Waals surface area contributed by atoms with Gasteiger partial charge in [0, 0.05) is 0 Å². The smallest absolute Gasteiger partial charge is 0.271 e. The molecule has 0 fully saturated rings. The molecular formula is C15H16N2O3. The summed E-state index contributed by atoms with van der Waals surface area (Å²) in [6.07, 6.45) is 0. The van der Waals surface area contributed by atoms with E-state index >= 15 is 0 Å². The first-order valence-electron chi connectivity index (χ1n) is 6.17. The molecule has 0 aliphatic rings. The average Bonchev–Trinajstić information content (AvgIpc) is 2.52. The minimum absolute atomic E-state index is 0.110. The summed E-state index contributed by atoms with van der Waals surface area (Å²) in [5, 5.41) is 0. The van der Waals surface area contributed by atoms with Crippen LogP contribution < -0.4 is 20.7 Å². The van der Waals surface area contributed by atoms with E-state index in [9.17, 15) is 4.79 Å². The lowest BCUT2D eigenvalue weighted by Crippen LogP contribution is -2.34. The van der Waals surface area contributed by atoms with Crippen LogP contribution in [0.3, 0.4) is 0 Å². The first-order valence-corrected chi connectivity index (χ1v) is 6.17. The number of ether oxygens (including phenoxy) is 2. The van der Waals surface area contributed by atoms with Crippen LogP contribution >= 0.6 is 0 Å². The van der Waals surface area contributed by atoms with Gasteiger partial charge in [0.25, 0.3) is 5.91 Å². The predicted octanol–water partition coefficient (Wildman–Crippen LogP) is 1.63. The van der Waals surface area contributed by atoms with Gasteiger partial charge in [0.05, 0.1) is 0 Å². The van der Waals surface area contributed by atoms with Crippen molar-refractivity contribution in [1.82, 2.24) is 5.43 Å². The Morgan fingerprint density at radius 1 is 0.950 bits per heavy atom. The second-order valence-electron chi connectivity index (χ2n) is 4.10. The van der Waals surface area contributed by atoms with Crippen LogP contribution in [0.25, 0.3) is 0 Å². The highest BCUT2D eigenvalue weighted by Crippen LogP contribution is 2.18. The summed E-state index contributed by atoms with van der Waals surface area (Å²) in [6, 6.07) is 17.0. The van der Waals surface area contributed by atoms with Gasteiger partial charge in [-0.3, -0.25) is 10.2 Å². The van der Waals surface area contributed by atoms with Crippen LogP contribution in [-0.2, 0) is 11.4 Å². The van der Waals surface area contributed by atoms with Crippen LogP contribution in [0.4, 0.5) is 0 Å². The lowest BCUT2D eigenvalue weighted by molar-refractivity contribution is -0.123. The quantitative estimate of drug-likeness (QED) is 0.476. The van der Waals surface area contributed by atoms with E-state index in [1.54, 1.807) is 24.3 Å². The molecule has 5 nitrogen and oxygen atoms in total. The molecule has 0 atom stereocenters. The first-order chi connectivity index (χ1) is 9.78. The Morgan fingerprint density at radius 2 is 1.55 bits per heavy atom. The Bertz CT molecular complexity index is 541. The van der Waals surface area contributed by atoms with Crippen LogP contribution in [0.15, 0.2) is 54.6 Å². The molecule has 20 heavy (non-hydrogen) atoms. The molecule has 0 bridgehead atoms. The average molecular weight is 272 g/mol. The summed E-state index contributed by atoms with van der Waals surface area (Å²) in [5.41, 5.74) is 3.10. The number of carbonyl (C=O) groups excluding carboxylic acids is 1. The normalized spacial score (nSPS) is 9.85. The zero-order chi connectivity index (χ0) is 14.2. The third-order valence-electron chi connectivity index (χ3n) is 2.60. The summed E-state index contributed by atoms with van der Waals surface area (Å²) < 4.78 is 10.9. The maximum atomic E-state index is 10.9. The molecule has 3 N–H and O–H groups in total. The number of amides is 1. The zero-order valence-corrected chi connectivity index (χ0v) is 10.9. The van der Waals surface area contributed by atoms with Gasteiger partial charge in [0.1, 0.15) is 18.1 Å². The van der Waals surface area contributed by atoms with Crippen LogP contribution in [0, 0.1) is 0 Å². The van der Waals surface area contributed by atoms with Gasteiger partial charge in [0.15, 0.2) is 6.61 Å². The van der Waals surface area contributed by atoms with Crippen LogP contribution in [0.5, 0.6) is 11.5 Å². The minimum Gasteiger partial charge on any atom is -0.489 e. The SMILES string of the molecule is NNC(=O)COc1ccc(OCc2ccccc2)cc1. The summed E-state index contributed by atoms with van der Waals surface area (Å²) >= 11 is 0. The fourth-order valence-electron chi connectivity index (χ4n) is 1.56. The number of benzene rings is 2. The second kappa shape index (κ2) is 7.16. The molecular weight excluding hydrogens is 256 g/mol. The van der Waals surface area contributed by atoms with Gasteiger partial charge in [0.2, 0.25) is 0 Å². The van der Waals surface area contributed by atoms with Crippen molar-refractivity contribution >= 4 is 5.91 Å². The molecule has 0 unspecified atom stereocenters. The summed E-state index contributed by atoms with van der Waals surface area (Å²) in [7, 11) is 0. The second-order valence-corrected chi connectivity index (χ2v) is 4.10. The molecule has 2 aromatic rings. The van der Waals surface area contributed by atoms with Crippen molar-refractivity contribution < 1.29 is 14.3 Å². The molecule has 2 rings (SSSR count). The van der Waals surface area contributed by atoms with Gasteiger partial charge in [-0.25, -0.2) is 5.84 Å². The monoisotopic (exact) mass is 272 g/mol. The van der Waals surface area contributed by atoms with E-state index < -0.39 is 0 Å². The highest BCUT2D eigenvalue weighted by atomic mass is 16.5. The molecule has 2 aromatic carbocycles. The van der Waals surface area contributed by atoms with E-state index in [1.807, 2.05) is 35.8 Å². The van der Waals surface area contributed by atoms with E-state index in [1.165, 1.54) is 0 Å². The van der Waals surface area contributed by atoms with Crippen molar-refractivity contribution in [1.29, 1.82) is 0 Å². The number of rotatable bonds is 6. The molecule has 0 aromatic heterocycles. The van der Waals surface area contributed by atoms with E-state index in [0.29, 0.717) is 12.4 Å². The van der Waals surface area contributed by atoms with E-state index in [4.69, 9.17) is 15.3 Å². The van der Waals surface area contributed by atoms with Gasteiger partial charge < -0.3 is 9.47 Å². The number of nitrogens with one attached hydrogen (secondary N) is 1. The lowest BCUT2D eigenvalue weighted by atomic mass is 10.2. The standard InChI is InChI=1S/C15H16N2O3/c16-17-15(18)11-20-14-8-6-13(7-9-14)19-10-12-4-2-1-3-5-12/h1-9H,10-11,16H2,(H,17,18). The molecule has 0 spiro atoms. The maximum Gasteiger partial charge on any atom is 0.271 e. The van der Waals surface area contributed by atoms with Gasteiger partial charge in [-0.1, -0.05) is 30.3 Å². The Kier molecular flexibility index (Phi) is 4.97. The Labute approximate surface area is 117 Å². The highest BCUT2D eigenvalue weighted by molar-refractivity contribution is 5.76. The Hall–Kier alpha value is -2.53. The molecule has 104 valence electrons. The Morgan fingerprint density at radius 3 is 2.15 bits per heavy atom. The van der Waals surface area contributed by atoms with Crippen molar-refractivity contribution in [2.24, 2.45) is 5.84 Å². The van der Waals surface area contributed by atoms with Gasteiger partial charge in [-0.15, -0.1) is 0 Å². The largest absolute Gasteiger partial charge is 0.489 e. The zero-order valence-electron chi connectivity index (χ0n) is 10.9. The van der Waals surface area contributed by atoms with Crippen LogP contribution in [0.1, 0.15) is 5.56 Å². The maximum absolute atomic E-state index is 10.9. The number of nitrogens with two attached hydrogens (primary N) is 1. The summed E-state index contributed by atoms with van der Waals surface area (Å²) in [6.45, 7) is 0.400. The van der Waals surface area contributed by atoms with Gasteiger partial charge >= 0.3 is 0 Å². The third-order valence-corrected chi connectivity index (χ3v) is 2.60. The predicted molar refractivity (Wildman–Crippen MR) is 75.0 cm³/mol. The molecule has 0 saturated heterocycles. The third kappa shape index (κ3) is 4.29. The van der Waals surface area contributed by atoms with Crippen molar-refractivity contribution in [3.8, 4) is 11.5 Å². The van der Waals surface area contributed by atoms with Gasteiger partial charge in [-0.2, -0.15) is 0 Å². The lowest BCUT2D eigenvalue weighted by Gasteiger charge is -2.08. The molecule has 0 aliphatic heterocycles. The highest BCUT2D eigenvalue weighted by Gasteiger charge is 2.01. The fraction of sp³-hybridized carbons (Fsp3) is 0.133. The van der Waals surface area contributed by atoms with Crippen molar-refractivity contribution in [3.63, 3.8) is 0 Å². The van der Waals surface area contributed by atoms with Crippen molar-refractivity contribution in [2.75, 3.05) is 6.61 Å². The van der Waals surface area contributed by atoms with Crippen molar-refractivity contribution in [2.45, 2.75) is 6.61 Å². The number of hydrogen-bond donors (Lipinski definition) is 2. The van der Waals surface area contributed by atoms with E-state index in [-0.39, 0.29) is 12.5 Å². The van der Waals surface area contributed by atoms with Crippen molar-refractivity contribution in [3.05, 3.63) is 60.2 Å². The number of hydrogen-bond acceptors (Lipinski definition) is 4. The van der Waals surface area contributed by atoms with Gasteiger partial charge in [-0.05, 0) is 29.8 Å². The Balaban J connectivity index is 1.84. The molecule has 0 radical (unpaired) electrons. The summed E-state index contributed by atoms with van der Waals surface area (Å²) in [5.74, 6) is 5.90. The van der Waals surface area contributed by atoms with Crippen LogP contribution in [-0.4, -0.2) is 12.5 Å². The minimum atomic E-state index is -0.380. The molecule has 5 heteroatoms. The summed E-state index contributed by atoms with van der Waals surface area (Å²) in [4.78, 5) is 10.9. The van der Waals surface area contributed by atoms with E-state index in [2.05, 4.69) is 0 Å². The molecule has 0 heterocycles. The number of hydrazine groups is 1.